The van der Waals surface area contributed by atoms with Crippen LogP contribution in [0.1, 0.15) is 39.1 Å². The number of aromatic nitrogens is 2. The summed E-state index contributed by atoms with van der Waals surface area (Å²) in [5, 5.41) is 0. The van der Waals surface area contributed by atoms with E-state index in [1.807, 2.05) is 0 Å². The van der Waals surface area contributed by atoms with Crippen molar-refractivity contribution in [3.8, 4) is 0 Å². The van der Waals surface area contributed by atoms with Gasteiger partial charge in [-0.15, -0.1) is 0 Å². The van der Waals surface area contributed by atoms with Gasteiger partial charge in [-0.25, -0.2) is 4.98 Å². The van der Waals surface area contributed by atoms with E-state index in [-0.39, 0.29) is 0 Å². The van der Waals surface area contributed by atoms with Crippen LogP contribution in [0, 0.1) is 11.8 Å². The van der Waals surface area contributed by atoms with E-state index in [9.17, 15) is 0 Å². The van der Waals surface area contributed by atoms with E-state index in [2.05, 4.69) is 50.9 Å². The Morgan fingerprint density at radius 2 is 1.76 bits per heavy atom. The predicted molar refractivity (Wildman–Crippen MR) is 73.2 cm³/mol. The summed E-state index contributed by atoms with van der Waals surface area (Å²) in [7, 11) is 0. The second kappa shape index (κ2) is 4.91. The van der Waals surface area contributed by atoms with Gasteiger partial charge in [0.2, 0.25) is 0 Å². The van der Waals surface area contributed by atoms with E-state index in [4.69, 9.17) is 4.98 Å². The Morgan fingerprint density at radius 3 is 2.41 bits per heavy atom. The van der Waals surface area contributed by atoms with Gasteiger partial charge in [0.05, 0.1) is 11.0 Å². The first kappa shape index (κ1) is 12.2. The van der Waals surface area contributed by atoms with Gasteiger partial charge in [-0.2, -0.15) is 0 Å². The molecule has 2 aromatic rings. The molecule has 0 aliphatic heterocycles. The average Bonchev–Trinajstić information content (AvgIpc) is 2.59. The SMILES string of the molecule is CC(C)Cc1nc2c(CC(C)C)cccc2[nH]1. The van der Waals surface area contributed by atoms with Crippen molar-refractivity contribution in [3.63, 3.8) is 0 Å². The van der Waals surface area contributed by atoms with Crippen LogP contribution in [-0.4, -0.2) is 9.97 Å². The normalized spacial score (nSPS) is 11.9. The molecular formula is C15H22N2. The molecule has 2 rings (SSSR count). The fraction of sp³-hybridized carbons (Fsp3) is 0.533. The van der Waals surface area contributed by atoms with E-state index >= 15 is 0 Å². The number of aromatic amines is 1. The topological polar surface area (TPSA) is 28.7 Å². The van der Waals surface area contributed by atoms with Crippen LogP contribution < -0.4 is 0 Å². The van der Waals surface area contributed by atoms with E-state index in [0.717, 1.165) is 24.2 Å². The minimum absolute atomic E-state index is 0.643. The van der Waals surface area contributed by atoms with Gasteiger partial charge >= 0.3 is 0 Å². The Morgan fingerprint density at radius 1 is 1.06 bits per heavy atom. The maximum absolute atomic E-state index is 4.75. The molecule has 1 aromatic heterocycles. The summed E-state index contributed by atoms with van der Waals surface area (Å²) in [5.41, 5.74) is 3.71. The Balaban J connectivity index is 2.38. The molecule has 2 heteroatoms. The predicted octanol–water partition coefficient (Wildman–Crippen LogP) is 3.96. The van der Waals surface area contributed by atoms with Gasteiger partial charge in [-0.3, -0.25) is 0 Å². The van der Waals surface area contributed by atoms with Gasteiger partial charge in [0.15, 0.2) is 0 Å². The molecular weight excluding hydrogens is 208 g/mol. The van der Waals surface area contributed by atoms with Crippen molar-refractivity contribution in [1.29, 1.82) is 0 Å². The van der Waals surface area contributed by atoms with Crippen molar-refractivity contribution in [2.24, 2.45) is 11.8 Å². The second-order valence-corrected chi connectivity index (χ2v) is 5.69. The number of para-hydroxylation sites is 1. The summed E-state index contributed by atoms with van der Waals surface area (Å²) in [5.74, 6) is 2.43. The monoisotopic (exact) mass is 230 g/mol. The third-order valence-electron chi connectivity index (χ3n) is 2.88. The fourth-order valence-electron chi connectivity index (χ4n) is 2.23. The summed E-state index contributed by atoms with van der Waals surface area (Å²) >= 11 is 0. The molecule has 0 unspecified atom stereocenters. The number of nitrogens with zero attached hydrogens (tertiary/aromatic N) is 1. The van der Waals surface area contributed by atoms with E-state index in [0.29, 0.717) is 11.8 Å². The lowest BCUT2D eigenvalue weighted by Gasteiger charge is -2.04. The summed E-state index contributed by atoms with van der Waals surface area (Å²) in [6.07, 6.45) is 2.12. The van der Waals surface area contributed by atoms with Gasteiger partial charge in [-0.1, -0.05) is 39.8 Å². The summed E-state index contributed by atoms with van der Waals surface area (Å²) in [6, 6.07) is 6.44. The number of hydrogen-bond acceptors (Lipinski definition) is 1. The lowest BCUT2D eigenvalue weighted by molar-refractivity contribution is 0.626. The van der Waals surface area contributed by atoms with Crippen molar-refractivity contribution >= 4 is 11.0 Å². The van der Waals surface area contributed by atoms with Crippen molar-refractivity contribution < 1.29 is 0 Å². The van der Waals surface area contributed by atoms with Crippen LogP contribution in [0.3, 0.4) is 0 Å². The molecule has 2 nitrogen and oxygen atoms in total. The molecule has 17 heavy (non-hydrogen) atoms. The Kier molecular flexibility index (Phi) is 3.51. The van der Waals surface area contributed by atoms with Gasteiger partial charge in [0.25, 0.3) is 0 Å². The third-order valence-corrected chi connectivity index (χ3v) is 2.88. The van der Waals surface area contributed by atoms with Crippen molar-refractivity contribution in [1.82, 2.24) is 9.97 Å². The van der Waals surface area contributed by atoms with Crippen LogP contribution >= 0.6 is 0 Å². The smallest absolute Gasteiger partial charge is 0.107 e. The van der Waals surface area contributed by atoms with Gasteiger partial charge in [0, 0.05) is 6.42 Å². The van der Waals surface area contributed by atoms with Crippen LogP contribution in [0.15, 0.2) is 18.2 Å². The summed E-state index contributed by atoms with van der Waals surface area (Å²) in [6.45, 7) is 8.95. The molecule has 0 aliphatic carbocycles. The van der Waals surface area contributed by atoms with Crippen LogP contribution in [0.2, 0.25) is 0 Å². The number of fused-ring (bicyclic) bond motifs is 1. The Labute approximate surface area is 103 Å². The highest BCUT2D eigenvalue weighted by Gasteiger charge is 2.09. The molecule has 0 saturated heterocycles. The first-order valence-corrected chi connectivity index (χ1v) is 6.52. The lowest BCUT2D eigenvalue weighted by Crippen LogP contribution is -1.96. The Bertz CT molecular complexity index is 495. The highest BCUT2D eigenvalue weighted by molar-refractivity contribution is 5.78. The van der Waals surface area contributed by atoms with Crippen LogP contribution in [-0.2, 0) is 12.8 Å². The zero-order chi connectivity index (χ0) is 12.4. The zero-order valence-electron chi connectivity index (χ0n) is 11.2. The molecule has 0 amide bonds. The van der Waals surface area contributed by atoms with E-state index < -0.39 is 0 Å². The highest BCUT2D eigenvalue weighted by atomic mass is 14.9. The Hall–Kier alpha value is -1.31. The molecule has 92 valence electrons. The highest BCUT2D eigenvalue weighted by Crippen LogP contribution is 2.20. The first-order chi connectivity index (χ1) is 8.06. The summed E-state index contributed by atoms with van der Waals surface area (Å²) in [4.78, 5) is 8.18. The second-order valence-electron chi connectivity index (χ2n) is 5.69. The van der Waals surface area contributed by atoms with Crippen LogP contribution in [0.5, 0.6) is 0 Å². The maximum Gasteiger partial charge on any atom is 0.107 e. The van der Waals surface area contributed by atoms with Gasteiger partial charge in [-0.05, 0) is 29.9 Å². The lowest BCUT2D eigenvalue weighted by atomic mass is 10.0. The number of hydrogen-bond donors (Lipinski definition) is 1. The number of imidazole rings is 1. The van der Waals surface area contributed by atoms with Crippen molar-refractivity contribution in [2.45, 2.75) is 40.5 Å². The molecule has 0 aliphatic rings. The minimum Gasteiger partial charge on any atom is -0.342 e. The number of nitrogens with one attached hydrogen (secondary N) is 1. The minimum atomic E-state index is 0.643. The molecule has 1 heterocycles. The third kappa shape index (κ3) is 2.87. The quantitative estimate of drug-likeness (QED) is 0.846. The molecule has 0 spiro atoms. The van der Waals surface area contributed by atoms with Crippen molar-refractivity contribution in [3.05, 3.63) is 29.6 Å². The zero-order valence-corrected chi connectivity index (χ0v) is 11.2. The van der Waals surface area contributed by atoms with E-state index in [1.165, 1.54) is 11.1 Å². The molecule has 0 bridgehead atoms. The van der Waals surface area contributed by atoms with Crippen LogP contribution in [0.4, 0.5) is 0 Å². The van der Waals surface area contributed by atoms with Crippen molar-refractivity contribution in [2.75, 3.05) is 0 Å². The largest absolute Gasteiger partial charge is 0.342 e. The van der Waals surface area contributed by atoms with E-state index in [1.54, 1.807) is 0 Å². The molecule has 0 atom stereocenters. The van der Waals surface area contributed by atoms with Crippen LogP contribution in [0.25, 0.3) is 11.0 Å². The summed E-state index contributed by atoms with van der Waals surface area (Å²) < 4.78 is 0. The number of H-pyrrole nitrogens is 1. The molecule has 0 radical (unpaired) electrons. The first-order valence-electron chi connectivity index (χ1n) is 6.52. The van der Waals surface area contributed by atoms with Gasteiger partial charge in [0.1, 0.15) is 5.82 Å². The molecule has 0 fully saturated rings. The molecule has 0 saturated carbocycles. The average molecular weight is 230 g/mol. The number of benzene rings is 1. The standard InChI is InChI=1S/C15H22N2/c1-10(2)8-12-6-5-7-13-15(12)17-14(16-13)9-11(3)4/h5-7,10-11H,8-9H2,1-4H3,(H,16,17). The molecule has 1 aromatic carbocycles. The number of rotatable bonds is 4. The fourth-order valence-corrected chi connectivity index (χ4v) is 2.23. The maximum atomic E-state index is 4.75. The molecule has 1 N–H and O–H groups in total. The van der Waals surface area contributed by atoms with Gasteiger partial charge < -0.3 is 4.98 Å².